The third-order valence-corrected chi connectivity index (χ3v) is 3.47. The summed E-state index contributed by atoms with van der Waals surface area (Å²) < 4.78 is 5.08. The number of ether oxygens (including phenoxy) is 1. The summed E-state index contributed by atoms with van der Waals surface area (Å²) in [6.07, 6.45) is 0.799. The summed E-state index contributed by atoms with van der Waals surface area (Å²) in [7, 11) is 0. The Morgan fingerprint density at radius 3 is 2.48 bits per heavy atom. The zero-order valence-corrected chi connectivity index (χ0v) is 14.2. The summed E-state index contributed by atoms with van der Waals surface area (Å²) in [5, 5.41) is 7.06. The van der Waals surface area contributed by atoms with Gasteiger partial charge in [-0.15, -0.1) is 0 Å². The van der Waals surface area contributed by atoms with E-state index in [-0.39, 0.29) is 5.97 Å². The predicted octanol–water partition coefficient (Wildman–Crippen LogP) is 4.72. The second kappa shape index (κ2) is 8.50. The maximum atomic E-state index is 11.7. The number of para-hydroxylation sites is 1. The second-order valence-corrected chi connectivity index (χ2v) is 5.59. The van der Waals surface area contributed by atoms with Crippen molar-refractivity contribution in [3.05, 3.63) is 59.1 Å². The highest BCUT2D eigenvalue weighted by molar-refractivity contribution is 7.80. The quantitative estimate of drug-likeness (QED) is 0.605. The lowest BCUT2D eigenvalue weighted by atomic mass is 10.2. The molecule has 0 fully saturated rings. The van der Waals surface area contributed by atoms with Crippen LogP contribution in [0.5, 0.6) is 0 Å². The minimum atomic E-state index is -0.324. The minimum Gasteiger partial charge on any atom is -0.462 e. The molecular weight excluding hydrogens is 332 g/mol. The molecule has 0 heterocycles. The van der Waals surface area contributed by atoms with Gasteiger partial charge >= 0.3 is 5.97 Å². The molecule has 2 rings (SSSR count). The zero-order chi connectivity index (χ0) is 16.7. The summed E-state index contributed by atoms with van der Waals surface area (Å²) in [4.78, 5) is 11.7. The molecule has 2 aromatic rings. The topological polar surface area (TPSA) is 50.4 Å². The molecule has 0 aliphatic carbocycles. The standard InChI is InChI=1S/C17H17ClN2O2S/c1-2-11-22-16(21)12-7-9-13(10-8-12)19-17(23)20-15-6-4-3-5-14(15)18/h3-10H,2,11H2,1H3,(H2,19,20,23). The van der Waals surface area contributed by atoms with Crippen molar-refractivity contribution in [2.24, 2.45) is 0 Å². The average molecular weight is 349 g/mol. The normalized spacial score (nSPS) is 10.0. The molecule has 23 heavy (non-hydrogen) atoms. The molecule has 0 amide bonds. The van der Waals surface area contributed by atoms with Crippen molar-refractivity contribution in [1.82, 2.24) is 0 Å². The molecule has 0 aliphatic rings. The first-order valence-electron chi connectivity index (χ1n) is 7.20. The van der Waals surface area contributed by atoms with Crippen molar-refractivity contribution in [2.75, 3.05) is 17.2 Å². The first kappa shape index (κ1) is 17.2. The number of nitrogens with one attached hydrogen (secondary N) is 2. The Balaban J connectivity index is 1.94. The van der Waals surface area contributed by atoms with Crippen LogP contribution in [0.1, 0.15) is 23.7 Å². The third-order valence-electron chi connectivity index (χ3n) is 2.94. The number of hydrogen-bond acceptors (Lipinski definition) is 3. The molecular formula is C17H17ClN2O2S. The van der Waals surface area contributed by atoms with Crippen molar-refractivity contribution in [2.45, 2.75) is 13.3 Å². The van der Waals surface area contributed by atoms with Gasteiger partial charge < -0.3 is 15.4 Å². The number of halogens is 1. The lowest BCUT2D eigenvalue weighted by Crippen LogP contribution is -2.19. The van der Waals surface area contributed by atoms with Crippen LogP contribution >= 0.6 is 23.8 Å². The fourth-order valence-electron chi connectivity index (χ4n) is 1.81. The summed E-state index contributed by atoms with van der Waals surface area (Å²) in [5.74, 6) is -0.324. The number of carbonyl (C=O) groups excluding carboxylic acids is 1. The van der Waals surface area contributed by atoms with Gasteiger partial charge in [0, 0.05) is 5.69 Å². The van der Waals surface area contributed by atoms with Crippen molar-refractivity contribution in [3.63, 3.8) is 0 Å². The lowest BCUT2D eigenvalue weighted by Gasteiger charge is -2.12. The highest BCUT2D eigenvalue weighted by Gasteiger charge is 2.07. The van der Waals surface area contributed by atoms with Crippen LogP contribution in [-0.4, -0.2) is 17.7 Å². The van der Waals surface area contributed by atoms with Gasteiger partial charge in [0.1, 0.15) is 0 Å². The second-order valence-electron chi connectivity index (χ2n) is 4.77. The fourth-order valence-corrected chi connectivity index (χ4v) is 2.23. The predicted molar refractivity (Wildman–Crippen MR) is 98.3 cm³/mol. The highest BCUT2D eigenvalue weighted by Crippen LogP contribution is 2.20. The first-order chi connectivity index (χ1) is 11.1. The molecule has 0 unspecified atom stereocenters. The molecule has 2 N–H and O–H groups in total. The Bertz CT molecular complexity index is 689. The van der Waals surface area contributed by atoms with E-state index in [1.165, 1.54) is 0 Å². The van der Waals surface area contributed by atoms with Gasteiger partial charge in [-0.1, -0.05) is 30.7 Å². The number of anilines is 2. The number of esters is 1. The van der Waals surface area contributed by atoms with Crippen LogP contribution in [0.2, 0.25) is 5.02 Å². The Kier molecular flexibility index (Phi) is 6.38. The van der Waals surface area contributed by atoms with Gasteiger partial charge in [-0.2, -0.15) is 0 Å². The minimum absolute atomic E-state index is 0.324. The molecule has 0 saturated heterocycles. The molecule has 0 spiro atoms. The van der Waals surface area contributed by atoms with Crippen molar-refractivity contribution < 1.29 is 9.53 Å². The van der Waals surface area contributed by atoms with Gasteiger partial charge in [0.15, 0.2) is 5.11 Å². The molecule has 4 nitrogen and oxygen atoms in total. The van der Waals surface area contributed by atoms with E-state index in [0.29, 0.717) is 22.3 Å². The molecule has 2 aromatic carbocycles. The van der Waals surface area contributed by atoms with Gasteiger partial charge in [0.05, 0.1) is 22.9 Å². The van der Waals surface area contributed by atoms with E-state index in [4.69, 9.17) is 28.6 Å². The van der Waals surface area contributed by atoms with Crippen LogP contribution in [0.3, 0.4) is 0 Å². The maximum Gasteiger partial charge on any atom is 0.338 e. The summed E-state index contributed by atoms with van der Waals surface area (Å²) in [5.41, 5.74) is 2.00. The van der Waals surface area contributed by atoms with Gasteiger partial charge in [0.2, 0.25) is 0 Å². The Morgan fingerprint density at radius 2 is 1.83 bits per heavy atom. The van der Waals surface area contributed by atoms with Crippen molar-refractivity contribution >= 4 is 46.3 Å². The third kappa shape index (κ3) is 5.23. The van der Waals surface area contributed by atoms with Gasteiger partial charge in [-0.3, -0.25) is 0 Å². The van der Waals surface area contributed by atoms with Crippen molar-refractivity contribution in [3.8, 4) is 0 Å². The molecule has 120 valence electrons. The van der Waals surface area contributed by atoms with E-state index < -0.39 is 0 Å². The van der Waals surface area contributed by atoms with Crippen LogP contribution in [-0.2, 0) is 4.74 Å². The molecule has 0 atom stereocenters. The van der Waals surface area contributed by atoms with Crippen LogP contribution in [0.4, 0.5) is 11.4 Å². The number of carbonyl (C=O) groups is 1. The molecule has 0 bridgehead atoms. The number of rotatable bonds is 5. The lowest BCUT2D eigenvalue weighted by molar-refractivity contribution is 0.0505. The van der Waals surface area contributed by atoms with Crippen molar-refractivity contribution in [1.29, 1.82) is 0 Å². The van der Waals surface area contributed by atoms with Crippen LogP contribution in [0, 0.1) is 0 Å². The molecule has 0 saturated carbocycles. The van der Waals surface area contributed by atoms with Crippen LogP contribution in [0.15, 0.2) is 48.5 Å². The molecule has 0 aliphatic heterocycles. The number of hydrogen-bond donors (Lipinski definition) is 2. The first-order valence-corrected chi connectivity index (χ1v) is 7.98. The maximum absolute atomic E-state index is 11.7. The summed E-state index contributed by atoms with van der Waals surface area (Å²) >= 11 is 11.3. The van der Waals surface area contributed by atoms with E-state index in [1.807, 2.05) is 25.1 Å². The van der Waals surface area contributed by atoms with Gasteiger partial charge in [-0.25, -0.2) is 4.79 Å². The fraction of sp³-hybridized carbons (Fsp3) is 0.176. The smallest absolute Gasteiger partial charge is 0.338 e. The zero-order valence-electron chi connectivity index (χ0n) is 12.6. The Hall–Kier alpha value is -2.11. The molecule has 0 radical (unpaired) electrons. The largest absolute Gasteiger partial charge is 0.462 e. The van der Waals surface area contributed by atoms with E-state index in [9.17, 15) is 4.79 Å². The Labute approximate surface area is 145 Å². The highest BCUT2D eigenvalue weighted by atomic mass is 35.5. The Morgan fingerprint density at radius 1 is 1.13 bits per heavy atom. The average Bonchev–Trinajstić information content (AvgIpc) is 2.55. The van der Waals surface area contributed by atoms with E-state index in [0.717, 1.165) is 17.8 Å². The summed E-state index contributed by atoms with van der Waals surface area (Å²) in [6.45, 7) is 2.37. The van der Waals surface area contributed by atoms with E-state index in [1.54, 1.807) is 30.3 Å². The SMILES string of the molecule is CCCOC(=O)c1ccc(NC(=S)Nc2ccccc2Cl)cc1. The van der Waals surface area contributed by atoms with E-state index in [2.05, 4.69) is 10.6 Å². The summed E-state index contributed by atoms with van der Waals surface area (Å²) in [6, 6.07) is 14.3. The number of thiocarbonyl (C=S) groups is 1. The van der Waals surface area contributed by atoms with Gasteiger partial charge in [0.25, 0.3) is 0 Å². The molecule has 0 aromatic heterocycles. The van der Waals surface area contributed by atoms with E-state index >= 15 is 0 Å². The molecule has 6 heteroatoms. The monoisotopic (exact) mass is 348 g/mol. The van der Waals surface area contributed by atoms with Crippen LogP contribution in [0.25, 0.3) is 0 Å². The van der Waals surface area contributed by atoms with Crippen LogP contribution < -0.4 is 10.6 Å². The number of benzene rings is 2. The van der Waals surface area contributed by atoms with Gasteiger partial charge in [-0.05, 0) is 55.0 Å².